The van der Waals surface area contributed by atoms with Gasteiger partial charge in [-0.15, -0.1) is 0 Å². The van der Waals surface area contributed by atoms with E-state index < -0.39 is 21.7 Å². The fourth-order valence-electron chi connectivity index (χ4n) is 2.11. The first-order chi connectivity index (χ1) is 12.2. The summed E-state index contributed by atoms with van der Waals surface area (Å²) in [4.78, 5) is 12.3. The zero-order valence-electron chi connectivity index (χ0n) is 14.4. The number of nitriles is 1. The molecule has 0 saturated heterocycles. The summed E-state index contributed by atoms with van der Waals surface area (Å²) < 4.78 is 42.9. The molecule has 2 aromatic rings. The van der Waals surface area contributed by atoms with Crippen LogP contribution in [0.15, 0.2) is 39.8 Å². The standard InChI is InChI=1S/C17H17FN4O3S/c1-4-11(2)21-26(24,25)14-8-16(22(3)10-14)17(23)20-13-5-6-15(18)12(7-13)9-19/h5-8,10H,4H2,1-3H3,(H,20,23). The van der Waals surface area contributed by atoms with Gasteiger partial charge in [-0.2, -0.15) is 18.1 Å². The Morgan fingerprint density at radius 2 is 2.08 bits per heavy atom. The van der Waals surface area contributed by atoms with Gasteiger partial charge in [-0.05, 0) is 37.6 Å². The summed E-state index contributed by atoms with van der Waals surface area (Å²) in [5.41, 5.74) is 0.548. The van der Waals surface area contributed by atoms with Crippen LogP contribution in [-0.2, 0) is 17.1 Å². The molecule has 1 aromatic carbocycles. The van der Waals surface area contributed by atoms with Crippen LogP contribution >= 0.6 is 0 Å². The molecule has 136 valence electrons. The number of nitrogens with zero attached hydrogens (tertiary/aromatic N) is 3. The lowest BCUT2D eigenvalue weighted by Gasteiger charge is -2.06. The lowest BCUT2D eigenvalue weighted by molar-refractivity contribution is 0.101. The van der Waals surface area contributed by atoms with E-state index in [9.17, 15) is 17.6 Å². The molecular weight excluding hydrogens is 359 g/mol. The minimum Gasteiger partial charge on any atom is -0.345 e. The second-order valence-electron chi connectivity index (χ2n) is 5.59. The average Bonchev–Trinajstić information content (AvgIpc) is 2.99. The van der Waals surface area contributed by atoms with E-state index in [2.05, 4.69) is 9.71 Å². The summed E-state index contributed by atoms with van der Waals surface area (Å²) in [6.45, 7) is 3.39. The molecule has 1 heterocycles. The number of aromatic nitrogens is 1. The van der Waals surface area contributed by atoms with Gasteiger partial charge in [0, 0.05) is 24.6 Å². The van der Waals surface area contributed by atoms with Crippen LogP contribution in [0.2, 0.25) is 0 Å². The van der Waals surface area contributed by atoms with Crippen LogP contribution < -0.4 is 5.32 Å². The van der Waals surface area contributed by atoms with Crippen molar-refractivity contribution < 1.29 is 17.6 Å². The van der Waals surface area contributed by atoms with Gasteiger partial charge in [-0.3, -0.25) is 4.79 Å². The maximum absolute atomic E-state index is 13.3. The third-order valence-corrected chi connectivity index (χ3v) is 5.01. The monoisotopic (exact) mass is 376 g/mol. The number of hydrogen-bond acceptors (Lipinski definition) is 4. The van der Waals surface area contributed by atoms with Gasteiger partial charge in [0.25, 0.3) is 15.9 Å². The highest BCUT2D eigenvalue weighted by Gasteiger charge is 2.20. The van der Waals surface area contributed by atoms with Crippen LogP contribution in [-0.4, -0.2) is 24.6 Å². The van der Waals surface area contributed by atoms with E-state index in [1.807, 2.05) is 0 Å². The van der Waals surface area contributed by atoms with Crippen LogP contribution in [0, 0.1) is 17.1 Å². The molecule has 0 aliphatic carbocycles. The maximum atomic E-state index is 13.3. The number of hydrogen-bond donors (Lipinski definition) is 1. The first-order valence-electron chi connectivity index (χ1n) is 7.65. The SMILES string of the molecule is CCC(C)=NS(=O)(=O)c1cc(C(=O)Nc2ccc(F)c(C#N)c2)n(C)c1. The van der Waals surface area contributed by atoms with Gasteiger partial charge in [0.2, 0.25) is 0 Å². The van der Waals surface area contributed by atoms with Gasteiger partial charge in [0.15, 0.2) is 0 Å². The largest absolute Gasteiger partial charge is 0.345 e. The second kappa shape index (κ2) is 7.49. The Labute approximate surface area is 150 Å². The Morgan fingerprint density at radius 1 is 1.38 bits per heavy atom. The second-order valence-corrected chi connectivity index (χ2v) is 7.19. The van der Waals surface area contributed by atoms with Crippen molar-refractivity contribution in [3.8, 4) is 6.07 Å². The van der Waals surface area contributed by atoms with Crippen molar-refractivity contribution in [1.82, 2.24) is 4.57 Å². The number of carbonyl (C=O) groups is 1. The minimum atomic E-state index is -3.90. The summed E-state index contributed by atoms with van der Waals surface area (Å²) in [7, 11) is -2.38. The van der Waals surface area contributed by atoms with Gasteiger partial charge in [-0.25, -0.2) is 4.39 Å². The van der Waals surface area contributed by atoms with Gasteiger partial charge < -0.3 is 9.88 Å². The van der Waals surface area contributed by atoms with E-state index in [1.165, 1.54) is 36.0 Å². The van der Waals surface area contributed by atoms with Crippen molar-refractivity contribution in [2.45, 2.75) is 25.2 Å². The smallest absolute Gasteiger partial charge is 0.283 e. The molecular formula is C17H17FN4O3S. The molecule has 0 bridgehead atoms. The number of nitrogens with one attached hydrogen (secondary N) is 1. The van der Waals surface area contributed by atoms with E-state index in [0.29, 0.717) is 12.1 Å². The molecule has 1 amide bonds. The Balaban J connectivity index is 2.32. The maximum Gasteiger partial charge on any atom is 0.283 e. The van der Waals surface area contributed by atoms with Crippen LogP contribution in [0.4, 0.5) is 10.1 Å². The number of sulfonamides is 1. The molecule has 7 nitrogen and oxygen atoms in total. The number of rotatable bonds is 5. The van der Waals surface area contributed by atoms with Crippen molar-refractivity contribution in [1.29, 1.82) is 5.26 Å². The van der Waals surface area contributed by atoms with Crippen molar-refractivity contribution in [2.24, 2.45) is 11.4 Å². The molecule has 0 aliphatic rings. The normalized spacial score (nSPS) is 11.9. The first-order valence-corrected chi connectivity index (χ1v) is 9.09. The molecule has 9 heteroatoms. The molecule has 1 aromatic heterocycles. The molecule has 0 aliphatic heterocycles. The molecule has 26 heavy (non-hydrogen) atoms. The fourth-order valence-corrected chi connectivity index (χ4v) is 3.30. The number of anilines is 1. The first kappa shape index (κ1) is 19.3. The van der Waals surface area contributed by atoms with E-state index in [4.69, 9.17) is 5.26 Å². The van der Waals surface area contributed by atoms with E-state index >= 15 is 0 Å². The van der Waals surface area contributed by atoms with Crippen LogP contribution in [0.3, 0.4) is 0 Å². The summed E-state index contributed by atoms with van der Waals surface area (Å²) in [5, 5.41) is 11.3. The van der Waals surface area contributed by atoms with Gasteiger partial charge in [0.1, 0.15) is 22.5 Å². The third-order valence-electron chi connectivity index (χ3n) is 3.64. The van der Waals surface area contributed by atoms with Crippen molar-refractivity contribution >= 4 is 27.3 Å². The molecule has 1 N–H and O–H groups in total. The molecule has 0 fully saturated rings. The number of aryl methyl sites for hydroxylation is 1. The van der Waals surface area contributed by atoms with Crippen molar-refractivity contribution in [2.75, 3.05) is 5.32 Å². The predicted molar refractivity (Wildman–Crippen MR) is 95.1 cm³/mol. The van der Waals surface area contributed by atoms with Crippen molar-refractivity contribution in [3.63, 3.8) is 0 Å². The molecule has 0 saturated carbocycles. The van der Waals surface area contributed by atoms with Crippen LogP contribution in [0.1, 0.15) is 36.3 Å². The molecule has 0 unspecified atom stereocenters. The Bertz CT molecular complexity index is 1030. The molecule has 0 atom stereocenters. The summed E-state index contributed by atoms with van der Waals surface area (Å²) >= 11 is 0. The highest BCUT2D eigenvalue weighted by Crippen LogP contribution is 2.19. The number of benzene rings is 1. The van der Waals surface area contributed by atoms with Gasteiger partial charge >= 0.3 is 0 Å². The molecule has 0 spiro atoms. The fraction of sp³-hybridized carbons (Fsp3) is 0.235. The zero-order valence-corrected chi connectivity index (χ0v) is 15.3. The predicted octanol–water partition coefficient (Wildman–Crippen LogP) is 2.85. The van der Waals surface area contributed by atoms with E-state index in [0.717, 1.165) is 6.07 Å². The summed E-state index contributed by atoms with van der Waals surface area (Å²) in [6.07, 6.45) is 1.78. The third kappa shape index (κ3) is 4.15. The summed E-state index contributed by atoms with van der Waals surface area (Å²) in [5.74, 6) is -1.29. The number of amides is 1. The minimum absolute atomic E-state index is 0.0794. The Morgan fingerprint density at radius 3 is 2.69 bits per heavy atom. The number of carbonyl (C=O) groups excluding carboxylic acids is 1. The molecule has 2 rings (SSSR count). The van der Waals surface area contributed by atoms with E-state index in [-0.39, 0.29) is 21.8 Å². The van der Waals surface area contributed by atoms with Crippen molar-refractivity contribution in [3.05, 3.63) is 47.5 Å². The highest BCUT2D eigenvalue weighted by atomic mass is 32.2. The number of halogens is 1. The van der Waals surface area contributed by atoms with Gasteiger partial charge in [-0.1, -0.05) is 6.92 Å². The quantitative estimate of drug-likeness (QED) is 0.810. The highest BCUT2D eigenvalue weighted by molar-refractivity contribution is 7.90. The van der Waals surface area contributed by atoms with Crippen LogP contribution in [0.5, 0.6) is 0 Å². The lowest BCUT2D eigenvalue weighted by atomic mass is 10.2. The molecule has 0 radical (unpaired) electrons. The van der Waals surface area contributed by atoms with Gasteiger partial charge in [0.05, 0.1) is 5.56 Å². The Hall–Kier alpha value is -2.99. The topological polar surface area (TPSA) is 104 Å². The summed E-state index contributed by atoms with van der Waals surface area (Å²) in [6, 6.07) is 6.47. The lowest BCUT2D eigenvalue weighted by Crippen LogP contribution is -2.15. The average molecular weight is 376 g/mol. The zero-order chi connectivity index (χ0) is 19.5. The van der Waals surface area contributed by atoms with Crippen LogP contribution in [0.25, 0.3) is 0 Å². The van der Waals surface area contributed by atoms with E-state index in [1.54, 1.807) is 19.9 Å². The Kier molecular flexibility index (Phi) is 5.57.